The first kappa shape index (κ1) is 15.3. The lowest BCUT2D eigenvalue weighted by Gasteiger charge is -2.49. The van der Waals surface area contributed by atoms with Crippen LogP contribution >= 0.6 is 0 Å². The maximum atomic E-state index is 6.22. The van der Waals surface area contributed by atoms with E-state index in [1.807, 2.05) is 12.3 Å². The van der Waals surface area contributed by atoms with Gasteiger partial charge in [-0.2, -0.15) is 0 Å². The molecule has 112 valence electrons. The van der Waals surface area contributed by atoms with Crippen molar-refractivity contribution in [1.29, 1.82) is 0 Å². The first-order valence-corrected chi connectivity index (χ1v) is 7.72. The van der Waals surface area contributed by atoms with Crippen molar-refractivity contribution < 1.29 is 0 Å². The van der Waals surface area contributed by atoms with E-state index in [-0.39, 0.29) is 11.6 Å². The van der Waals surface area contributed by atoms with Crippen LogP contribution in [0.15, 0.2) is 18.5 Å². The van der Waals surface area contributed by atoms with Gasteiger partial charge in [0.25, 0.3) is 0 Å². The third-order valence-electron chi connectivity index (χ3n) is 4.75. The molecule has 1 aliphatic carbocycles. The van der Waals surface area contributed by atoms with E-state index in [4.69, 9.17) is 5.73 Å². The number of anilines is 1. The number of nitrogen functional groups attached to an aromatic ring is 1. The highest BCUT2D eigenvalue weighted by Gasteiger charge is 2.42. The Morgan fingerprint density at radius 3 is 2.60 bits per heavy atom. The lowest BCUT2D eigenvalue weighted by molar-refractivity contribution is 0.0572. The summed E-state index contributed by atoms with van der Waals surface area (Å²) in [7, 11) is 4.39. The number of hydrogen-bond donors (Lipinski definition) is 2. The highest BCUT2D eigenvalue weighted by Crippen LogP contribution is 2.43. The maximum absolute atomic E-state index is 6.22. The van der Waals surface area contributed by atoms with Crippen molar-refractivity contribution in [3.63, 3.8) is 0 Å². The molecule has 4 nitrogen and oxygen atoms in total. The van der Waals surface area contributed by atoms with Gasteiger partial charge in [-0.1, -0.05) is 26.2 Å². The number of nitrogens with two attached hydrogens (primary N) is 1. The third kappa shape index (κ3) is 2.81. The first-order valence-electron chi connectivity index (χ1n) is 7.72. The van der Waals surface area contributed by atoms with Gasteiger partial charge in [0, 0.05) is 29.2 Å². The van der Waals surface area contributed by atoms with Gasteiger partial charge in [0.15, 0.2) is 0 Å². The van der Waals surface area contributed by atoms with E-state index in [0.717, 1.165) is 17.8 Å². The summed E-state index contributed by atoms with van der Waals surface area (Å²) in [6.07, 6.45) is 10.1. The molecule has 1 aliphatic rings. The quantitative estimate of drug-likeness (QED) is 0.868. The van der Waals surface area contributed by atoms with Crippen LogP contribution < -0.4 is 11.1 Å². The minimum absolute atomic E-state index is 0.144. The lowest BCUT2D eigenvalue weighted by Crippen LogP contribution is -2.55. The minimum Gasteiger partial charge on any atom is -0.398 e. The molecule has 1 fully saturated rings. The van der Waals surface area contributed by atoms with E-state index in [1.165, 1.54) is 32.1 Å². The molecule has 1 aromatic rings. The van der Waals surface area contributed by atoms with Crippen LogP contribution in [0.1, 0.15) is 50.6 Å². The highest BCUT2D eigenvalue weighted by atomic mass is 15.2. The van der Waals surface area contributed by atoms with Gasteiger partial charge in [-0.3, -0.25) is 4.98 Å². The average molecular weight is 276 g/mol. The largest absolute Gasteiger partial charge is 0.398 e. The molecule has 2 rings (SSSR count). The zero-order valence-electron chi connectivity index (χ0n) is 13.0. The molecule has 1 heterocycles. The molecule has 0 aromatic carbocycles. The summed E-state index contributed by atoms with van der Waals surface area (Å²) in [5, 5.41) is 3.67. The highest BCUT2D eigenvalue weighted by molar-refractivity contribution is 5.47. The van der Waals surface area contributed by atoms with Gasteiger partial charge >= 0.3 is 0 Å². The second-order valence-corrected chi connectivity index (χ2v) is 6.05. The summed E-state index contributed by atoms with van der Waals surface area (Å²) in [4.78, 5) is 6.69. The zero-order chi connectivity index (χ0) is 14.6. The summed E-state index contributed by atoms with van der Waals surface area (Å²) in [6, 6.07) is 2.16. The fourth-order valence-corrected chi connectivity index (χ4v) is 3.61. The number of pyridine rings is 1. The van der Waals surface area contributed by atoms with Crippen LogP contribution in [-0.2, 0) is 0 Å². The normalized spacial score (nSPS) is 20.0. The fourth-order valence-electron chi connectivity index (χ4n) is 3.61. The molecule has 0 saturated heterocycles. The molecule has 3 N–H and O–H groups in total. The van der Waals surface area contributed by atoms with Crippen molar-refractivity contribution in [3.05, 3.63) is 24.0 Å². The predicted octanol–water partition coefficient (Wildman–Crippen LogP) is 2.58. The Labute approximate surface area is 122 Å². The molecule has 0 bridgehead atoms. The second-order valence-electron chi connectivity index (χ2n) is 6.05. The van der Waals surface area contributed by atoms with Crippen molar-refractivity contribution in [3.8, 4) is 0 Å². The zero-order valence-corrected chi connectivity index (χ0v) is 13.0. The Morgan fingerprint density at radius 2 is 2.05 bits per heavy atom. The third-order valence-corrected chi connectivity index (χ3v) is 4.75. The van der Waals surface area contributed by atoms with Crippen LogP contribution in [0.25, 0.3) is 0 Å². The second kappa shape index (κ2) is 6.55. The molecule has 1 aromatic heterocycles. The number of hydrogen-bond acceptors (Lipinski definition) is 4. The Balaban J connectivity index is 2.42. The monoisotopic (exact) mass is 276 g/mol. The van der Waals surface area contributed by atoms with Crippen LogP contribution in [-0.4, -0.2) is 36.1 Å². The van der Waals surface area contributed by atoms with Crippen molar-refractivity contribution in [2.75, 3.05) is 26.4 Å². The molecule has 0 amide bonds. The summed E-state index contributed by atoms with van der Waals surface area (Å²) in [5.41, 5.74) is 8.35. The van der Waals surface area contributed by atoms with Crippen LogP contribution in [0.2, 0.25) is 0 Å². The van der Waals surface area contributed by atoms with E-state index >= 15 is 0 Å². The standard InChI is InChI=1S/C16H28N4/c1-4-19-15(13-12-18-11-8-14(13)17)16(20(2)3)9-6-5-7-10-16/h8,11-12,15,19H,4-7,9-10H2,1-3H3,(H2,17,18). The number of rotatable bonds is 5. The van der Waals surface area contributed by atoms with Crippen molar-refractivity contribution in [2.24, 2.45) is 0 Å². The summed E-state index contributed by atoms with van der Waals surface area (Å²) >= 11 is 0. The molecular formula is C16H28N4. The van der Waals surface area contributed by atoms with E-state index in [2.05, 4.69) is 36.2 Å². The van der Waals surface area contributed by atoms with Gasteiger partial charge < -0.3 is 16.0 Å². The van der Waals surface area contributed by atoms with Crippen molar-refractivity contribution >= 4 is 5.69 Å². The van der Waals surface area contributed by atoms with Crippen LogP contribution in [0.3, 0.4) is 0 Å². The summed E-state index contributed by atoms with van der Waals surface area (Å²) < 4.78 is 0. The van der Waals surface area contributed by atoms with Gasteiger partial charge in [-0.05, 0) is 39.5 Å². The lowest BCUT2D eigenvalue weighted by atomic mass is 9.73. The van der Waals surface area contributed by atoms with E-state index < -0.39 is 0 Å². The van der Waals surface area contributed by atoms with Crippen LogP contribution in [0, 0.1) is 0 Å². The van der Waals surface area contributed by atoms with Gasteiger partial charge in [-0.25, -0.2) is 0 Å². The van der Waals surface area contributed by atoms with Gasteiger partial charge in [-0.15, -0.1) is 0 Å². The van der Waals surface area contributed by atoms with Crippen LogP contribution in [0.5, 0.6) is 0 Å². The van der Waals surface area contributed by atoms with E-state index in [0.29, 0.717) is 0 Å². The molecular weight excluding hydrogens is 248 g/mol. The molecule has 1 atom stereocenters. The fraction of sp³-hybridized carbons (Fsp3) is 0.688. The molecule has 0 aliphatic heterocycles. The topological polar surface area (TPSA) is 54.2 Å². The Kier molecular flexibility index (Phi) is 5.00. The number of nitrogens with one attached hydrogen (secondary N) is 1. The minimum atomic E-state index is 0.144. The molecule has 0 radical (unpaired) electrons. The van der Waals surface area contributed by atoms with Gasteiger partial charge in [0.1, 0.15) is 0 Å². The average Bonchev–Trinajstić information content (AvgIpc) is 2.46. The van der Waals surface area contributed by atoms with E-state index in [1.54, 1.807) is 6.20 Å². The molecule has 1 unspecified atom stereocenters. The Bertz CT molecular complexity index is 424. The maximum Gasteiger partial charge on any atom is 0.0542 e. The molecule has 20 heavy (non-hydrogen) atoms. The Hall–Kier alpha value is -1.13. The summed E-state index contributed by atoms with van der Waals surface area (Å²) in [6.45, 7) is 3.10. The van der Waals surface area contributed by atoms with Crippen molar-refractivity contribution in [2.45, 2.75) is 50.6 Å². The SMILES string of the molecule is CCNC(c1cnccc1N)C1(N(C)C)CCCCC1. The number of aromatic nitrogens is 1. The van der Waals surface area contributed by atoms with E-state index in [9.17, 15) is 0 Å². The van der Waals surface area contributed by atoms with Gasteiger partial charge in [0.05, 0.1) is 6.04 Å². The Morgan fingerprint density at radius 1 is 1.35 bits per heavy atom. The first-order chi connectivity index (χ1) is 9.62. The predicted molar refractivity (Wildman–Crippen MR) is 84.6 cm³/mol. The smallest absolute Gasteiger partial charge is 0.0542 e. The van der Waals surface area contributed by atoms with Gasteiger partial charge in [0.2, 0.25) is 0 Å². The molecule has 1 saturated carbocycles. The number of nitrogens with zero attached hydrogens (tertiary/aromatic N) is 2. The van der Waals surface area contributed by atoms with Crippen LogP contribution in [0.4, 0.5) is 5.69 Å². The molecule has 4 heteroatoms. The van der Waals surface area contributed by atoms with Crippen molar-refractivity contribution in [1.82, 2.24) is 15.2 Å². The number of likely N-dealkylation sites (N-methyl/N-ethyl adjacent to an activating group) is 2. The summed E-state index contributed by atoms with van der Waals surface area (Å²) in [5.74, 6) is 0. The molecule has 0 spiro atoms.